The van der Waals surface area contributed by atoms with Crippen LogP contribution in [0.2, 0.25) is 5.02 Å². The summed E-state index contributed by atoms with van der Waals surface area (Å²) in [5.41, 5.74) is 0.846. The van der Waals surface area contributed by atoms with Gasteiger partial charge in [-0.05, 0) is 37.5 Å². The zero-order valence-electron chi connectivity index (χ0n) is 11.1. The molecule has 1 aliphatic rings. The Labute approximate surface area is 121 Å². The quantitative estimate of drug-likeness (QED) is 0.916. The second-order valence-electron chi connectivity index (χ2n) is 5.09. The van der Waals surface area contributed by atoms with Crippen molar-refractivity contribution < 1.29 is 8.91 Å². The average molecular weight is 296 g/mol. The van der Waals surface area contributed by atoms with E-state index in [1.165, 1.54) is 12.1 Å². The summed E-state index contributed by atoms with van der Waals surface area (Å²) in [4.78, 5) is 4.34. The van der Waals surface area contributed by atoms with Crippen LogP contribution in [0.3, 0.4) is 0 Å². The zero-order chi connectivity index (χ0) is 14.1. The number of rotatable bonds is 5. The van der Waals surface area contributed by atoms with Crippen molar-refractivity contribution in [3.63, 3.8) is 0 Å². The maximum absolute atomic E-state index is 13.0. The lowest BCUT2D eigenvalue weighted by Gasteiger charge is -2.14. The molecule has 0 bridgehead atoms. The van der Waals surface area contributed by atoms with E-state index in [0.717, 1.165) is 24.3 Å². The minimum Gasteiger partial charge on any atom is -0.339 e. The van der Waals surface area contributed by atoms with Crippen LogP contribution >= 0.6 is 11.6 Å². The molecule has 0 unspecified atom stereocenters. The molecule has 0 aliphatic heterocycles. The van der Waals surface area contributed by atoms with Gasteiger partial charge in [-0.2, -0.15) is 4.98 Å². The summed E-state index contributed by atoms with van der Waals surface area (Å²) in [5, 5.41) is 7.61. The van der Waals surface area contributed by atoms with Gasteiger partial charge in [-0.25, -0.2) is 4.39 Å². The molecule has 4 nitrogen and oxygen atoms in total. The van der Waals surface area contributed by atoms with Crippen LogP contribution in [0.4, 0.5) is 4.39 Å². The maximum atomic E-state index is 13.0. The Bertz CT molecular complexity index is 612. The van der Waals surface area contributed by atoms with Crippen molar-refractivity contribution in [3.8, 4) is 0 Å². The van der Waals surface area contributed by atoms with Gasteiger partial charge in [0.15, 0.2) is 5.82 Å². The molecule has 3 rings (SSSR count). The van der Waals surface area contributed by atoms with E-state index in [0.29, 0.717) is 23.3 Å². The van der Waals surface area contributed by atoms with E-state index in [9.17, 15) is 4.39 Å². The van der Waals surface area contributed by atoms with Gasteiger partial charge >= 0.3 is 0 Å². The van der Waals surface area contributed by atoms with Gasteiger partial charge in [0, 0.05) is 17.0 Å². The minimum atomic E-state index is -0.335. The third-order valence-corrected chi connectivity index (χ3v) is 3.73. The molecule has 1 heterocycles. The summed E-state index contributed by atoms with van der Waals surface area (Å²) in [5.74, 6) is 1.49. The molecule has 1 aromatic heterocycles. The molecule has 106 valence electrons. The smallest absolute Gasteiger partial charge is 0.229 e. The fourth-order valence-electron chi connectivity index (χ4n) is 2.04. The van der Waals surface area contributed by atoms with Crippen molar-refractivity contribution >= 4 is 11.6 Å². The van der Waals surface area contributed by atoms with Crippen molar-refractivity contribution in [2.24, 2.45) is 0 Å². The topological polar surface area (TPSA) is 51.0 Å². The predicted molar refractivity (Wildman–Crippen MR) is 72.9 cm³/mol. The van der Waals surface area contributed by atoms with Crippen molar-refractivity contribution in [2.75, 3.05) is 0 Å². The van der Waals surface area contributed by atoms with Gasteiger partial charge in [-0.3, -0.25) is 0 Å². The lowest BCUT2D eigenvalue weighted by atomic mass is 10.1. The van der Waals surface area contributed by atoms with Gasteiger partial charge in [0.2, 0.25) is 5.89 Å². The normalized spacial score (nSPS) is 16.4. The maximum Gasteiger partial charge on any atom is 0.229 e. The van der Waals surface area contributed by atoms with E-state index in [4.69, 9.17) is 16.1 Å². The number of nitrogens with one attached hydrogen (secondary N) is 1. The first-order chi connectivity index (χ1) is 9.63. The van der Waals surface area contributed by atoms with Crippen LogP contribution < -0.4 is 5.32 Å². The van der Waals surface area contributed by atoms with Crippen LogP contribution in [0.1, 0.15) is 49.0 Å². The van der Waals surface area contributed by atoms with Crippen molar-refractivity contribution in [1.82, 2.24) is 15.5 Å². The fraction of sp³-hybridized carbons (Fsp3) is 0.429. The van der Waals surface area contributed by atoms with Crippen LogP contribution in [-0.4, -0.2) is 10.1 Å². The molecule has 1 fully saturated rings. The van der Waals surface area contributed by atoms with Gasteiger partial charge in [0.05, 0.1) is 6.54 Å². The van der Waals surface area contributed by atoms with Crippen molar-refractivity contribution in [3.05, 3.63) is 46.3 Å². The molecule has 0 spiro atoms. The summed E-state index contributed by atoms with van der Waals surface area (Å²) in [6.07, 6.45) is 2.27. The Morgan fingerprint density at radius 2 is 2.30 bits per heavy atom. The van der Waals surface area contributed by atoms with Crippen LogP contribution in [0.15, 0.2) is 22.7 Å². The minimum absolute atomic E-state index is 0.0222. The molecule has 1 saturated carbocycles. The molecule has 6 heteroatoms. The lowest BCUT2D eigenvalue weighted by molar-refractivity contribution is 0.371. The number of hydrogen-bond acceptors (Lipinski definition) is 4. The molecule has 1 atom stereocenters. The number of benzene rings is 1. The summed E-state index contributed by atoms with van der Waals surface area (Å²) in [7, 11) is 0. The Kier molecular flexibility index (Phi) is 3.72. The third-order valence-electron chi connectivity index (χ3n) is 3.41. The van der Waals surface area contributed by atoms with Crippen molar-refractivity contribution in [2.45, 2.75) is 38.3 Å². The average Bonchev–Trinajstić information content (AvgIpc) is 3.15. The fourth-order valence-corrected chi connectivity index (χ4v) is 2.37. The van der Waals surface area contributed by atoms with Gasteiger partial charge in [-0.15, -0.1) is 0 Å². The Morgan fingerprint density at radius 3 is 3.00 bits per heavy atom. The number of halogens is 2. The van der Waals surface area contributed by atoms with E-state index in [2.05, 4.69) is 15.5 Å². The van der Waals surface area contributed by atoms with Crippen LogP contribution in [0.25, 0.3) is 0 Å². The first kappa shape index (κ1) is 13.5. The van der Waals surface area contributed by atoms with Crippen LogP contribution in [0, 0.1) is 5.82 Å². The third kappa shape index (κ3) is 2.99. The van der Waals surface area contributed by atoms with Crippen LogP contribution in [-0.2, 0) is 6.54 Å². The second kappa shape index (κ2) is 5.50. The van der Waals surface area contributed by atoms with Crippen LogP contribution in [0.5, 0.6) is 0 Å². The Hall–Kier alpha value is -1.46. The molecule has 2 aromatic rings. The van der Waals surface area contributed by atoms with E-state index < -0.39 is 0 Å². The molecular weight excluding hydrogens is 281 g/mol. The summed E-state index contributed by atoms with van der Waals surface area (Å²) in [6.45, 7) is 2.45. The molecule has 20 heavy (non-hydrogen) atoms. The summed E-state index contributed by atoms with van der Waals surface area (Å²) < 4.78 is 18.2. The van der Waals surface area contributed by atoms with Gasteiger partial charge in [-0.1, -0.05) is 22.8 Å². The number of hydrogen-bond donors (Lipinski definition) is 1. The highest BCUT2D eigenvalue weighted by Crippen LogP contribution is 2.38. The summed E-state index contributed by atoms with van der Waals surface area (Å²) in [6, 6.07) is 4.38. The van der Waals surface area contributed by atoms with Crippen molar-refractivity contribution in [1.29, 1.82) is 0 Å². The van der Waals surface area contributed by atoms with E-state index in [1.54, 1.807) is 6.07 Å². The standard InChI is InChI=1S/C14H15ClFN3O/c1-8(11-5-4-10(16)6-12(11)15)17-7-13-18-14(20-19-13)9-2-3-9/h4-6,8-9,17H,2-3,7H2,1H3/t8-/m0/s1. The molecule has 1 aromatic carbocycles. The second-order valence-corrected chi connectivity index (χ2v) is 5.50. The first-order valence-corrected chi connectivity index (χ1v) is 7.02. The molecule has 1 aliphatic carbocycles. The van der Waals surface area contributed by atoms with Gasteiger partial charge < -0.3 is 9.84 Å². The largest absolute Gasteiger partial charge is 0.339 e. The van der Waals surface area contributed by atoms with E-state index in [-0.39, 0.29) is 11.9 Å². The molecule has 0 amide bonds. The van der Waals surface area contributed by atoms with E-state index in [1.807, 2.05) is 6.92 Å². The lowest BCUT2D eigenvalue weighted by Crippen LogP contribution is -2.19. The van der Waals surface area contributed by atoms with Gasteiger partial charge in [0.25, 0.3) is 0 Å². The first-order valence-electron chi connectivity index (χ1n) is 6.64. The monoisotopic (exact) mass is 295 g/mol. The SMILES string of the molecule is C[C@H](NCc1noc(C2CC2)n1)c1ccc(F)cc1Cl. The number of aromatic nitrogens is 2. The molecule has 0 radical (unpaired) electrons. The Balaban J connectivity index is 1.61. The highest BCUT2D eigenvalue weighted by Gasteiger charge is 2.29. The number of nitrogens with zero attached hydrogens (tertiary/aromatic N) is 2. The van der Waals surface area contributed by atoms with E-state index >= 15 is 0 Å². The summed E-state index contributed by atoms with van der Waals surface area (Å²) >= 11 is 6.03. The zero-order valence-corrected chi connectivity index (χ0v) is 11.8. The Morgan fingerprint density at radius 1 is 1.50 bits per heavy atom. The molecule has 1 N–H and O–H groups in total. The highest BCUT2D eigenvalue weighted by atomic mass is 35.5. The van der Waals surface area contributed by atoms with Gasteiger partial charge in [0.1, 0.15) is 5.82 Å². The molecular formula is C14H15ClFN3O. The predicted octanol–water partition coefficient (Wildman–Crippen LogP) is 3.59. The highest BCUT2D eigenvalue weighted by molar-refractivity contribution is 6.31. The molecule has 0 saturated heterocycles.